The number of ether oxygens (including phenoxy) is 1. The van der Waals surface area contributed by atoms with Gasteiger partial charge in [-0.05, 0) is 19.8 Å². The van der Waals surface area contributed by atoms with Crippen molar-refractivity contribution in [3.63, 3.8) is 0 Å². The SMILES string of the molecule is CCC(C)(NC(=O)CNS(=O)(=O)CCCOC)C(=O)O. The van der Waals surface area contributed by atoms with Gasteiger partial charge in [0.1, 0.15) is 5.54 Å². The van der Waals surface area contributed by atoms with Crippen LogP contribution in [0, 0.1) is 0 Å². The molecule has 0 radical (unpaired) electrons. The van der Waals surface area contributed by atoms with Gasteiger partial charge in [0, 0.05) is 13.7 Å². The van der Waals surface area contributed by atoms with Gasteiger partial charge in [-0.15, -0.1) is 0 Å². The molecular weight excluding hydrogens is 288 g/mol. The molecule has 0 aliphatic heterocycles. The van der Waals surface area contributed by atoms with Crippen LogP contribution in [-0.4, -0.2) is 57.0 Å². The van der Waals surface area contributed by atoms with Crippen molar-refractivity contribution in [2.24, 2.45) is 0 Å². The predicted molar refractivity (Wildman–Crippen MR) is 72.8 cm³/mol. The minimum absolute atomic E-state index is 0.155. The molecule has 0 saturated heterocycles. The first-order chi connectivity index (χ1) is 9.17. The highest BCUT2D eigenvalue weighted by Crippen LogP contribution is 2.08. The van der Waals surface area contributed by atoms with Crippen LogP contribution in [0.3, 0.4) is 0 Å². The molecule has 20 heavy (non-hydrogen) atoms. The van der Waals surface area contributed by atoms with Gasteiger partial charge in [0.25, 0.3) is 0 Å². The van der Waals surface area contributed by atoms with E-state index in [-0.39, 0.29) is 12.2 Å². The minimum atomic E-state index is -3.57. The number of hydrogen-bond donors (Lipinski definition) is 3. The van der Waals surface area contributed by atoms with Gasteiger partial charge >= 0.3 is 5.97 Å². The second-order valence-corrected chi connectivity index (χ2v) is 6.45. The van der Waals surface area contributed by atoms with Crippen LogP contribution in [0.25, 0.3) is 0 Å². The van der Waals surface area contributed by atoms with E-state index in [4.69, 9.17) is 9.84 Å². The molecule has 3 N–H and O–H groups in total. The fourth-order valence-corrected chi connectivity index (χ4v) is 2.28. The lowest BCUT2D eigenvalue weighted by molar-refractivity contribution is -0.146. The molecule has 0 aromatic carbocycles. The van der Waals surface area contributed by atoms with Crippen LogP contribution in [0.1, 0.15) is 26.7 Å². The Hall–Kier alpha value is -1.19. The predicted octanol–water partition coefficient (Wildman–Crippen LogP) is -0.688. The molecule has 0 aliphatic carbocycles. The number of nitrogens with one attached hydrogen (secondary N) is 2. The molecule has 0 aromatic heterocycles. The van der Waals surface area contributed by atoms with E-state index in [1.165, 1.54) is 14.0 Å². The number of carboxylic acid groups (broad SMARTS) is 1. The molecule has 0 rings (SSSR count). The Morgan fingerprint density at radius 3 is 2.40 bits per heavy atom. The van der Waals surface area contributed by atoms with Gasteiger partial charge in [-0.3, -0.25) is 4.79 Å². The van der Waals surface area contributed by atoms with E-state index in [1.54, 1.807) is 6.92 Å². The third kappa shape index (κ3) is 6.83. The number of rotatable bonds is 10. The Labute approximate surface area is 118 Å². The van der Waals surface area contributed by atoms with Gasteiger partial charge in [-0.25, -0.2) is 17.9 Å². The van der Waals surface area contributed by atoms with E-state index >= 15 is 0 Å². The molecule has 0 saturated carbocycles. The zero-order valence-electron chi connectivity index (χ0n) is 11.9. The summed E-state index contributed by atoms with van der Waals surface area (Å²) < 4.78 is 29.9. The van der Waals surface area contributed by atoms with Crippen molar-refractivity contribution in [3.8, 4) is 0 Å². The Bertz CT molecular complexity index is 436. The zero-order chi connectivity index (χ0) is 15.8. The molecule has 1 atom stereocenters. The number of carbonyl (C=O) groups excluding carboxylic acids is 1. The average Bonchev–Trinajstić information content (AvgIpc) is 2.36. The third-order valence-corrected chi connectivity index (χ3v) is 4.22. The molecule has 0 spiro atoms. The fourth-order valence-electron chi connectivity index (χ4n) is 1.29. The minimum Gasteiger partial charge on any atom is -0.480 e. The monoisotopic (exact) mass is 310 g/mol. The Morgan fingerprint density at radius 2 is 1.95 bits per heavy atom. The molecule has 0 heterocycles. The normalized spacial score (nSPS) is 14.6. The number of carbonyl (C=O) groups is 2. The van der Waals surface area contributed by atoms with Crippen LogP contribution in [-0.2, 0) is 24.3 Å². The van der Waals surface area contributed by atoms with E-state index in [2.05, 4.69) is 10.0 Å². The number of carboxylic acids is 1. The molecule has 0 aromatic rings. The van der Waals surface area contributed by atoms with E-state index < -0.39 is 34.0 Å². The van der Waals surface area contributed by atoms with Crippen LogP contribution in [0.2, 0.25) is 0 Å². The lowest BCUT2D eigenvalue weighted by Gasteiger charge is -2.24. The van der Waals surface area contributed by atoms with Crippen LogP contribution >= 0.6 is 0 Å². The fraction of sp³-hybridized carbons (Fsp3) is 0.818. The molecule has 0 bridgehead atoms. The van der Waals surface area contributed by atoms with Crippen molar-refractivity contribution < 1.29 is 27.9 Å². The Kier molecular flexibility index (Phi) is 7.69. The van der Waals surface area contributed by atoms with Crippen molar-refractivity contribution in [2.45, 2.75) is 32.2 Å². The molecule has 1 amide bonds. The maximum atomic E-state index is 11.6. The van der Waals surface area contributed by atoms with Crippen molar-refractivity contribution in [3.05, 3.63) is 0 Å². The van der Waals surface area contributed by atoms with Gasteiger partial charge in [-0.1, -0.05) is 6.92 Å². The quantitative estimate of drug-likeness (QED) is 0.459. The molecule has 8 nitrogen and oxygen atoms in total. The molecule has 118 valence electrons. The zero-order valence-corrected chi connectivity index (χ0v) is 12.7. The summed E-state index contributed by atoms with van der Waals surface area (Å²) in [4.78, 5) is 22.6. The van der Waals surface area contributed by atoms with Gasteiger partial charge in [0.2, 0.25) is 15.9 Å². The smallest absolute Gasteiger partial charge is 0.329 e. The molecule has 9 heteroatoms. The first-order valence-corrected chi connectivity index (χ1v) is 7.82. The first-order valence-electron chi connectivity index (χ1n) is 6.17. The lowest BCUT2D eigenvalue weighted by atomic mass is 9.99. The summed E-state index contributed by atoms with van der Waals surface area (Å²) in [6, 6.07) is 0. The highest BCUT2D eigenvalue weighted by atomic mass is 32.2. The maximum Gasteiger partial charge on any atom is 0.329 e. The highest BCUT2D eigenvalue weighted by molar-refractivity contribution is 7.89. The Morgan fingerprint density at radius 1 is 1.35 bits per heavy atom. The van der Waals surface area contributed by atoms with Gasteiger partial charge in [0.05, 0.1) is 12.3 Å². The van der Waals surface area contributed by atoms with Crippen LogP contribution < -0.4 is 10.0 Å². The summed E-state index contributed by atoms with van der Waals surface area (Å²) in [6.07, 6.45) is 0.504. The summed E-state index contributed by atoms with van der Waals surface area (Å²) in [5.74, 6) is -2.01. The van der Waals surface area contributed by atoms with Gasteiger partial charge in [-0.2, -0.15) is 0 Å². The van der Waals surface area contributed by atoms with Crippen molar-refractivity contribution in [2.75, 3.05) is 26.0 Å². The number of aliphatic carboxylic acids is 1. The van der Waals surface area contributed by atoms with Crippen LogP contribution in [0.15, 0.2) is 0 Å². The highest BCUT2D eigenvalue weighted by Gasteiger charge is 2.32. The number of sulfonamides is 1. The molecular formula is C11H22N2O6S. The second kappa shape index (κ2) is 8.18. The van der Waals surface area contributed by atoms with Crippen molar-refractivity contribution in [1.29, 1.82) is 0 Å². The summed E-state index contributed by atoms with van der Waals surface area (Å²) in [5, 5.41) is 11.3. The summed E-state index contributed by atoms with van der Waals surface area (Å²) in [6.45, 7) is 2.79. The molecule has 1 unspecified atom stereocenters. The standard InChI is InChI=1S/C11H22N2O6S/c1-4-11(2,10(15)16)13-9(14)8-12-20(17,18)7-5-6-19-3/h12H,4-8H2,1-3H3,(H,13,14)(H,15,16). The van der Waals surface area contributed by atoms with E-state index in [1.807, 2.05) is 0 Å². The Balaban J connectivity index is 4.32. The summed E-state index contributed by atoms with van der Waals surface area (Å²) in [7, 11) is -2.11. The molecule has 0 aliphatic rings. The topological polar surface area (TPSA) is 122 Å². The second-order valence-electron chi connectivity index (χ2n) is 4.53. The van der Waals surface area contributed by atoms with Crippen molar-refractivity contribution >= 4 is 21.9 Å². The largest absolute Gasteiger partial charge is 0.480 e. The third-order valence-electron chi connectivity index (χ3n) is 2.81. The lowest BCUT2D eigenvalue weighted by Crippen LogP contribution is -2.54. The average molecular weight is 310 g/mol. The first kappa shape index (κ1) is 18.8. The van der Waals surface area contributed by atoms with E-state index in [9.17, 15) is 18.0 Å². The van der Waals surface area contributed by atoms with Crippen LogP contribution in [0.5, 0.6) is 0 Å². The van der Waals surface area contributed by atoms with Gasteiger partial charge < -0.3 is 15.2 Å². The maximum absolute atomic E-state index is 11.6. The number of amides is 1. The van der Waals surface area contributed by atoms with E-state index in [0.717, 1.165) is 0 Å². The number of hydrogen-bond acceptors (Lipinski definition) is 5. The number of methoxy groups -OCH3 is 1. The van der Waals surface area contributed by atoms with E-state index in [0.29, 0.717) is 13.0 Å². The summed E-state index contributed by atoms with van der Waals surface area (Å²) in [5.41, 5.74) is -1.40. The summed E-state index contributed by atoms with van der Waals surface area (Å²) >= 11 is 0. The van der Waals surface area contributed by atoms with Crippen LogP contribution in [0.4, 0.5) is 0 Å². The van der Waals surface area contributed by atoms with Crippen molar-refractivity contribution in [1.82, 2.24) is 10.0 Å². The van der Waals surface area contributed by atoms with Gasteiger partial charge in [0.15, 0.2) is 0 Å². The molecule has 0 fully saturated rings.